The topological polar surface area (TPSA) is 76.2 Å². The second-order valence-corrected chi connectivity index (χ2v) is 6.33. The van der Waals surface area contributed by atoms with Gasteiger partial charge in [-0.15, -0.1) is 0 Å². The number of hydrogen-bond acceptors (Lipinski definition) is 4. The third-order valence-corrected chi connectivity index (χ3v) is 4.32. The van der Waals surface area contributed by atoms with Crippen LogP contribution in [-0.4, -0.2) is 55.2 Å². The van der Waals surface area contributed by atoms with E-state index in [0.717, 1.165) is 44.7 Å². The number of carboxylic acids is 1. The van der Waals surface area contributed by atoms with E-state index in [2.05, 4.69) is 15.1 Å². The fourth-order valence-electron chi connectivity index (χ4n) is 3.03. The molecule has 1 aliphatic heterocycles. The molecule has 0 amide bonds. The maximum absolute atomic E-state index is 10.7. The molecule has 0 aliphatic carbocycles. The summed E-state index contributed by atoms with van der Waals surface area (Å²) in [5.74, 6) is -0.511. The Kier molecular flexibility index (Phi) is 4.97. The van der Waals surface area contributed by atoms with Crippen LogP contribution in [0.4, 0.5) is 0 Å². The summed E-state index contributed by atoms with van der Waals surface area (Å²) in [5, 5.41) is 18.1. The normalized spacial score (nSPS) is 19.1. The molecule has 23 heavy (non-hydrogen) atoms. The average Bonchev–Trinajstić information content (AvgIpc) is 3.14. The molecule has 0 bridgehead atoms. The lowest BCUT2D eigenvalue weighted by Crippen LogP contribution is -2.36. The number of halogens is 1. The van der Waals surface area contributed by atoms with Crippen molar-refractivity contribution in [2.45, 2.75) is 31.8 Å². The van der Waals surface area contributed by atoms with Gasteiger partial charge in [-0.3, -0.25) is 14.2 Å². The van der Waals surface area contributed by atoms with Gasteiger partial charge in [-0.25, -0.2) is 0 Å². The zero-order valence-corrected chi connectivity index (χ0v) is 13.6. The maximum atomic E-state index is 10.7. The highest BCUT2D eigenvalue weighted by Crippen LogP contribution is 2.25. The minimum atomic E-state index is -0.872. The van der Waals surface area contributed by atoms with E-state index in [1.54, 1.807) is 12.4 Å². The lowest BCUT2D eigenvalue weighted by atomic mass is 9.95. The van der Waals surface area contributed by atoms with Gasteiger partial charge in [-0.2, -0.15) is 10.2 Å². The van der Waals surface area contributed by atoms with Gasteiger partial charge in [-0.1, -0.05) is 11.6 Å². The van der Waals surface area contributed by atoms with Crippen LogP contribution in [0, 0.1) is 0 Å². The van der Waals surface area contributed by atoms with Crippen LogP contribution in [0.1, 0.15) is 24.5 Å². The average molecular weight is 338 g/mol. The number of likely N-dealkylation sites (tertiary alicyclic amines) is 1. The fraction of sp³-hybridized carbons (Fsp3) is 0.533. The first-order valence-corrected chi connectivity index (χ1v) is 8.13. The summed E-state index contributed by atoms with van der Waals surface area (Å²) in [5.41, 5.74) is 0.984. The third-order valence-electron chi connectivity index (χ3n) is 4.13. The molecule has 1 saturated heterocycles. The van der Waals surface area contributed by atoms with Gasteiger partial charge in [-0.05, 0) is 25.5 Å². The first-order valence-electron chi connectivity index (χ1n) is 7.75. The Morgan fingerprint density at radius 2 is 2.26 bits per heavy atom. The van der Waals surface area contributed by atoms with Crippen LogP contribution >= 0.6 is 11.6 Å². The Morgan fingerprint density at radius 3 is 3.00 bits per heavy atom. The Morgan fingerprint density at radius 1 is 1.39 bits per heavy atom. The van der Waals surface area contributed by atoms with Crippen molar-refractivity contribution in [2.24, 2.45) is 0 Å². The van der Waals surface area contributed by atoms with Crippen molar-refractivity contribution in [3.05, 3.63) is 35.4 Å². The molecule has 2 aromatic heterocycles. The summed E-state index contributed by atoms with van der Waals surface area (Å²) in [7, 11) is 0. The Labute approximate surface area is 139 Å². The summed E-state index contributed by atoms with van der Waals surface area (Å²) in [6.07, 6.45) is 7.44. The van der Waals surface area contributed by atoms with Crippen LogP contribution in [0.5, 0.6) is 0 Å². The first kappa shape index (κ1) is 16.0. The lowest BCUT2D eigenvalue weighted by Gasteiger charge is -2.31. The van der Waals surface area contributed by atoms with E-state index < -0.39 is 5.97 Å². The van der Waals surface area contributed by atoms with Gasteiger partial charge >= 0.3 is 5.97 Å². The summed E-state index contributed by atoms with van der Waals surface area (Å²) in [4.78, 5) is 13.1. The monoisotopic (exact) mass is 337 g/mol. The summed E-state index contributed by atoms with van der Waals surface area (Å²) >= 11 is 5.87. The van der Waals surface area contributed by atoms with E-state index in [1.165, 1.54) is 4.68 Å². The number of carboxylic acid groups (broad SMARTS) is 1. The number of rotatable bonds is 6. The van der Waals surface area contributed by atoms with Crippen LogP contribution in [0.15, 0.2) is 24.7 Å². The van der Waals surface area contributed by atoms with Crippen LogP contribution in [0.3, 0.4) is 0 Å². The lowest BCUT2D eigenvalue weighted by molar-refractivity contribution is -0.137. The number of nitrogens with zero attached hydrogens (tertiary/aromatic N) is 5. The Hall–Kier alpha value is -1.86. The van der Waals surface area contributed by atoms with E-state index in [4.69, 9.17) is 16.7 Å². The van der Waals surface area contributed by atoms with Crippen LogP contribution in [0.25, 0.3) is 0 Å². The molecule has 1 fully saturated rings. The Bertz CT molecular complexity index is 668. The quantitative estimate of drug-likeness (QED) is 0.868. The van der Waals surface area contributed by atoms with Gasteiger partial charge in [0.15, 0.2) is 0 Å². The SMILES string of the molecule is O=C(O)Cn1ccc(C2CCCN(CCn3cc(Cl)cn3)C2)n1. The maximum Gasteiger partial charge on any atom is 0.325 e. The van der Waals surface area contributed by atoms with Crippen molar-refractivity contribution in [1.82, 2.24) is 24.5 Å². The van der Waals surface area contributed by atoms with Crippen molar-refractivity contribution in [3.8, 4) is 0 Å². The molecule has 3 heterocycles. The highest BCUT2D eigenvalue weighted by atomic mass is 35.5. The van der Waals surface area contributed by atoms with Crippen molar-refractivity contribution >= 4 is 17.6 Å². The van der Waals surface area contributed by atoms with Gasteiger partial charge in [0.2, 0.25) is 0 Å². The number of piperidine rings is 1. The van der Waals surface area contributed by atoms with Crippen molar-refractivity contribution < 1.29 is 9.90 Å². The van der Waals surface area contributed by atoms with Crippen molar-refractivity contribution in [2.75, 3.05) is 19.6 Å². The molecule has 0 saturated carbocycles. The predicted octanol–water partition coefficient (Wildman–Crippen LogP) is 1.70. The molecule has 1 N–H and O–H groups in total. The van der Waals surface area contributed by atoms with E-state index in [0.29, 0.717) is 10.9 Å². The van der Waals surface area contributed by atoms with Crippen LogP contribution in [0.2, 0.25) is 5.02 Å². The van der Waals surface area contributed by atoms with E-state index in [9.17, 15) is 4.79 Å². The van der Waals surface area contributed by atoms with Crippen molar-refractivity contribution in [1.29, 1.82) is 0 Å². The molecule has 1 unspecified atom stereocenters. The van der Waals surface area contributed by atoms with Gasteiger partial charge in [0.25, 0.3) is 0 Å². The number of aromatic nitrogens is 4. The zero-order chi connectivity index (χ0) is 16.2. The van der Waals surface area contributed by atoms with Gasteiger partial charge < -0.3 is 10.0 Å². The molecule has 8 heteroatoms. The molecule has 124 valence electrons. The number of hydrogen-bond donors (Lipinski definition) is 1. The zero-order valence-electron chi connectivity index (χ0n) is 12.8. The molecule has 3 rings (SSSR count). The largest absolute Gasteiger partial charge is 0.480 e. The molecule has 1 atom stereocenters. The number of carbonyl (C=O) groups is 1. The van der Waals surface area contributed by atoms with E-state index >= 15 is 0 Å². The molecule has 2 aromatic rings. The molecular weight excluding hydrogens is 318 g/mol. The smallest absolute Gasteiger partial charge is 0.325 e. The van der Waals surface area contributed by atoms with E-state index in [1.807, 2.05) is 16.9 Å². The summed E-state index contributed by atoms with van der Waals surface area (Å²) in [6, 6.07) is 1.93. The molecule has 0 radical (unpaired) electrons. The molecule has 0 aromatic carbocycles. The molecular formula is C15H20ClN5O2. The molecule has 0 spiro atoms. The molecule has 7 nitrogen and oxygen atoms in total. The Balaban J connectivity index is 1.55. The summed E-state index contributed by atoms with van der Waals surface area (Å²) < 4.78 is 3.34. The summed E-state index contributed by atoms with van der Waals surface area (Å²) in [6.45, 7) is 3.66. The van der Waals surface area contributed by atoms with E-state index in [-0.39, 0.29) is 6.54 Å². The van der Waals surface area contributed by atoms with Crippen molar-refractivity contribution in [3.63, 3.8) is 0 Å². The first-order chi connectivity index (χ1) is 11.1. The standard InChI is InChI=1S/C15H20ClN5O2/c16-13-8-17-20(10-13)7-6-19-4-1-2-12(9-19)14-3-5-21(18-14)11-15(22)23/h3,5,8,10,12H,1-2,4,6-7,9,11H2,(H,22,23). The van der Waals surface area contributed by atoms with Gasteiger partial charge in [0.05, 0.1) is 23.5 Å². The second-order valence-electron chi connectivity index (χ2n) is 5.89. The minimum Gasteiger partial charge on any atom is -0.480 e. The van der Waals surface area contributed by atoms with Crippen LogP contribution < -0.4 is 0 Å². The van der Waals surface area contributed by atoms with Gasteiger partial charge in [0, 0.05) is 31.4 Å². The third kappa shape index (κ3) is 4.33. The van der Waals surface area contributed by atoms with Crippen LogP contribution in [-0.2, 0) is 17.9 Å². The highest BCUT2D eigenvalue weighted by molar-refractivity contribution is 6.30. The fourth-order valence-corrected chi connectivity index (χ4v) is 3.18. The molecule has 1 aliphatic rings. The van der Waals surface area contributed by atoms with Gasteiger partial charge in [0.1, 0.15) is 6.54 Å². The predicted molar refractivity (Wildman–Crippen MR) is 85.5 cm³/mol. The second kappa shape index (κ2) is 7.14. The minimum absolute atomic E-state index is 0.0868. The highest BCUT2D eigenvalue weighted by Gasteiger charge is 2.23. The number of aliphatic carboxylic acids is 1.